The lowest BCUT2D eigenvalue weighted by molar-refractivity contribution is -0.142. The molecule has 3 aromatic rings. The van der Waals surface area contributed by atoms with Gasteiger partial charge in [0.05, 0.1) is 10.6 Å². The van der Waals surface area contributed by atoms with E-state index in [1.54, 1.807) is 55.7 Å². The van der Waals surface area contributed by atoms with Gasteiger partial charge in [0.15, 0.2) is 0 Å². The van der Waals surface area contributed by atoms with Gasteiger partial charge in [-0.1, -0.05) is 30.3 Å². The minimum Gasteiger partial charge on any atom is -0.480 e. The highest BCUT2D eigenvalue weighted by atomic mass is 32.2. The molecule has 40 heavy (non-hydrogen) atoms. The molecule has 4 rings (SSSR count). The van der Waals surface area contributed by atoms with Crippen LogP contribution in [0.25, 0.3) is 11.5 Å². The van der Waals surface area contributed by atoms with Gasteiger partial charge in [-0.3, -0.25) is 4.79 Å². The van der Waals surface area contributed by atoms with E-state index in [1.165, 1.54) is 12.1 Å². The molecule has 2 atom stereocenters. The molecule has 1 unspecified atom stereocenters. The number of carboxylic acids is 1. The van der Waals surface area contributed by atoms with E-state index in [4.69, 9.17) is 9.83 Å². The minimum absolute atomic E-state index is 0.0305. The second-order valence-corrected chi connectivity index (χ2v) is 11.9. The first-order valence-electron chi connectivity index (χ1n) is 13.3. The van der Waals surface area contributed by atoms with E-state index in [0.717, 1.165) is 41.2 Å². The smallest absolute Gasteiger partial charge is 0.326 e. The third-order valence-corrected chi connectivity index (χ3v) is 8.82. The molecule has 10 nitrogen and oxygen atoms in total. The highest BCUT2D eigenvalue weighted by molar-refractivity contribution is 7.89. The molecular weight excluding hydrogens is 532 g/mol. The van der Waals surface area contributed by atoms with Gasteiger partial charge in [0.25, 0.3) is 0 Å². The van der Waals surface area contributed by atoms with E-state index in [2.05, 4.69) is 10.3 Å². The van der Waals surface area contributed by atoms with Crippen LogP contribution in [0.4, 0.5) is 0 Å². The van der Waals surface area contributed by atoms with Crippen LogP contribution in [0.3, 0.4) is 0 Å². The molecule has 1 aliphatic rings. The van der Waals surface area contributed by atoms with E-state index in [-0.39, 0.29) is 17.9 Å². The van der Waals surface area contributed by atoms with Gasteiger partial charge in [-0.05, 0) is 75.3 Å². The number of carboxylic acid groups (broad SMARTS) is 1. The number of carbonyl (C=O) groups excluding carboxylic acids is 1. The average molecular weight is 567 g/mol. The number of amides is 1. The zero-order valence-electron chi connectivity index (χ0n) is 22.4. The van der Waals surface area contributed by atoms with Gasteiger partial charge >= 0.3 is 5.97 Å². The molecular formula is C29H34N4O6S. The summed E-state index contributed by atoms with van der Waals surface area (Å²) in [5.74, 6) is -1.36. The number of rotatable bonds is 13. The van der Waals surface area contributed by atoms with E-state index in [1.807, 2.05) is 0 Å². The van der Waals surface area contributed by atoms with Crippen LogP contribution in [0.15, 0.2) is 70.2 Å². The number of aromatic nitrogens is 1. The summed E-state index contributed by atoms with van der Waals surface area (Å²) in [6, 6.07) is 12.8. The summed E-state index contributed by atoms with van der Waals surface area (Å²) in [6.07, 6.45) is 5.86. The number of carbonyl (C=O) groups is 2. The van der Waals surface area contributed by atoms with E-state index in [0.29, 0.717) is 30.0 Å². The van der Waals surface area contributed by atoms with Crippen LogP contribution in [-0.4, -0.2) is 59.0 Å². The molecule has 0 radical (unpaired) electrons. The fourth-order valence-electron chi connectivity index (χ4n) is 4.76. The summed E-state index contributed by atoms with van der Waals surface area (Å²) in [5.41, 5.74) is 2.94. The maximum absolute atomic E-state index is 13.1. The molecule has 1 aliphatic heterocycles. The molecule has 3 N–H and O–H groups in total. The number of hydrogen-bond acceptors (Lipinski definition) is 7. The Kier molecular flexibility index (Phi) is 9.49. The first-order valence-corrected chi connectivity index (χ1v) is 14.8. The maximum Gasteiger partial charge on any atom is 0.326 e. The Morgan fingerprint density at radius 1 is 1.15 bits per heavy atom. The van der Waals surface area contributed by atoms with Gasteiger partial charge in [0.2, 0.25) is 21.8 Å². The Bertz CT molecular complexity index is 1440. The number of nitrogens with zero attached hydrogens (tertiary/aromatic N) is 2. The van der Waals surface area contributed by atoms with Crippen molar-refractivity contribution >= 4 is 27.6 Å². The van der Waals surface area contributed by atoms with Crippen molar-refractivity contribution in [3.63, 3.8) is 0 Å². The predicted octanol–water partition coefficient (Wildman–Crippen LogP) is 4.06. The summed E-state index contributed by atoms with van der Waals surface area (Å²) in [7, 11) is -3.89. The highest BCUT2D eigenvalue weighted by Gasteiger charge is 2.40. The number of sulfonamides is 1. The van der Waals surface area contributed by atoms with Gasteiger partial charge in [0.1, 0.15) is 18.3 Å². The van der Waals surface area contributed by atoms with E-state index in [9.17, 15) is 23.1 Å². The topological polar surface area (TPSA) is 154 Å². The maximum atomic E-state index is 13.1. The van der Waals surface area contributed by atoms with Crippen molar-refractivity contribution in [2.24, 2.45) is 0 Å². The lowest BCUT2D eigenvalue weighted by atomic mass is 10.0. The summed E-state index contributed by atoms with van der Waals surface area (Å²) in [5, 5.41) is 19.9. The third-order valence-electron chi connectivity index (χ3n) is 6.90. The van der Waals surface area contributed by atoms with Gasteiger partial charge < -0.3 is 20.2 Å². The van der Waals surface area contributed by atoms with Crippen LogP contribution in [-0.2, 0) is 32.5 Å². The highest BCUT2D eigenvalue weighted by Crippen LogP contribution is 2.26. The monoisotopic (exact) mass is 566 g/mol. The molecule has 11 heteroatoms. The Morgan fingerprint density at radius 2 is 1.88 bits per heavy atom. The predicted molar refractivity (Wildman–Crippen MR) is 150 cm³/mol. The lowest BCUT2D eigenvalue weighted by Crippen LogP contribution is -2.51. The Balaban J connectivity index is 1.37. The van der Waals surface area contributed by atoms with Gasteiger partial charge in [0, 0.05) is 24.2 Å². The standard InChI is InChI=1S/C29H34N4O6S/c1-20(30)8-5-6-9-23-19-39-28(31-23)22-15-13-21(14-16-22)18-25(29(35)36)32-27(34)26-12-7-17-33(26)40(37,38)24-10-3-2-4-11-24/h2-4,10-11,13-16,19,25-26,30H,5-9,12,17-18H2,1H3,(H,32,34)(H,35,36)/t25?,26-/m0/s1. The molecule has 0 spiro atoms. The average Bonchev–Trinajstić information content (AvgIpc) is 3.62. The quantitative estimate of drug-likeness (QED) is 0.208. The van der Waals surface area contributed by atoms with Crippen molar-refractivity contribution in [2.75, 3.05) is 6.54 Å². The van der Waals surface area contributed by atoms with Crippen LogP contribution in [0, 0.1) is 5.41 Å². The largest absolute Gasteiger partial charge is 0.480 e. The zero-order chi connectivity index (χ0) is 28.7. The lowest BCUT2D eigenvalue weighted by Gasteiger charge is -2.25. The molecule has 0 bridgehead atoms. The molecule has 0 saturated carbocycles. The van der Waals surface area contributed by atoms with Crippen LogP contribution < -0.4 is 5.32 Å². The van der Waals surface area contributed by atoms with Crippen molar-refractivity contribution in [2.45, 2.75) is 68.8 Å². The molecule has 2 aromatic carbocycles. The van der Waals surface area contributed by atoms with Gasteiger partial charge in [-0.2, -0.15) is 4.31 Å². The van der Waals surface area contributed by atoms with Gasteiger partial charge in [-0.15, -0.1) is 0 Å². The molecule has 2 heterocycles. The van der Waals surface area contributed by atoms with Crippen LogP contribution in [0.1, 0.15) is 50.3 Å². The number of nitrogens with one attached hydrogen (secondary N) is 2. The summed E-state index contributed by atoms with van der Waals surface area (Å²) < 4.78 is 33.0. The van der Waals surface area contributed by atoms with Crippen molar-refractivity contribution < 1.29 is 27.5 Å². The zero-order valence-corrected chi connectivity index (χ0v) is 23.2. The normalized spacial score (nSPS) is 16.5. The van der Waals surface area contributed by atoms with Crippen molar-refractivity contribution in [3.8, 4) is 11.5 Å². The Labute approximate surface area is 234 Å². The fraction of sp³-hybridized carbons (Fsp3) is 0.379. The number of aryl methyl sites for hydroxylation is 1. The van der Waals surface area contributed by atoms with E-state index >= 15 is 0 Å². The first-order chi connectivity index (χ1) is 19.1. The van der Waals surface area contributed by atoms with Crippen LogP contribution in [0.5, 0.6) is 0 Å². The second-order valence-electron chi connectivity index (χ2n) is 10.0. The van der Waals surface area contributed by atoms with Gasteiger partial charge in [-0.25, -0.2) is 18.2 Å². The molecule has 0 aliphatic carbocycles. The summed E-state index contributed by atoms with van der Waals surface area (Å²) in [6.45, 7) is 1.99. The summed E-state index contributed by atoms with van der Waals surface area (Å²) >= 11 is 0. The molecule has 1 amide bonds. The number of unbranched alkanes of at least 4 members (excludes halogenated alkanes) is 1. The molecule has 1 aromatic heterocycles. The number of hydrogen-bond donors (Lipinski definition) is 3. The number of oxazole rings is 1. The minimum atomic E-state index is -3.89. The molecule has 212 valence electrons. The third kappa shape index (κ3) is 7.22. The fourth-order valence-corrected chi connectivity index (χ4v) is 6.43. The van der Waals surface area contributed by atoms with Crippen LogP contribution in [0.2, 0.25) is 0 Å². The Hall–Kier alpha value is -3.83. The van der Waals surface area contributed by atoms with Crippen molar-refractivity contribution in [1.82, 2.24) is 14.6 Å². The Morgan fingerprint density at radius 3 is 2.55 bits per heavy atom. The molecule has 1 fully saturated rings. The number of aliphatic carboxylic acids is 1. The SMILES string of the molecule is CC(=N)CCCCc1coc(-c2ccc(CC(NC(=O)[C@@H]3CCCN3S(=O)(=O)c3ccccc3)C(=O)O)cc2)n1. The van der Waals surface area contributed by atoms with Crippen LogP contribution >= 0.6 is 0 Å². The summed E-state index contributed by atoms with van der Waals surface area (Å²) in [4.78, 5) is 29.7. The first kappa shape index (κ1) is 29.2. The van der Waals surface area contributed by atoms with Crippen molar-refractivity contribution in [3.05, 3.63) is 72.1 Å². The molecule has 1 saturated heterocycles. The van der Waals surface area contributed by atoms with Crippen molar-refractivity contribution in [1.29, 1.82) is 5.41 Å². The second kappa shape index (κ2) is 13.0. The van der Waals surface area contributed by atoms with E-state index < -0.39 is 34.0 Å². The number of benzene rings is 2.